The summed E-state index contributed by atoms with van der Waals surface area (Å²) in [7, 11) is 0. The molecule has 3 saturated carbocycles. The molecule has 6 atom stereocenters. The Morgan fingerprint density at radius 1 is 1.17 bits per heavy atom. The zero-order valence-electron chi connectivity index (χ0n) is 14.7. The van der Waals surface area contributed by atoms with Crippen molar-refractivity contribution in [3.8, 4) is 0 Å². The smallest absolute Gasteiger partial charge is 0.254 e. The summed E-state index contributed by atoms with van der Waals surface area (Å²) < 4.78 is 29.1. The van der Waals surface area contributed by atoms with Crippen molar-refractivity contribution in [3.63, 3.8) is 0 Å². The summed E-state index contributed by atoms with van der Waals surface area (Å²) in [6, 6.07) is 0. The molecule has 2 nitrogen and oxygen atoms in total. The summed E-state index contributed by atoms with van der Waals surface area (Å²) in [5, 5.41) is 0. The van der Waals surface area contributed by atoms with Crippen LogP contribution in [0.15, 0.2) is 11.6 Å². The Balaban J connectivity index is 1.80. The number of alkyl halides is 2. The monoisotopic (exact) mass is 336 g/mol. The molecular weight excluding hydrogens is 310 g/mol. The third-order valence-electron chi connectivity index (χ3n) is 7.97. The average Bonchev–Trinajstić information content (AvgIpc) is 2.71. The summed E-state index contributed by atoms with van der Waals surface area (Å²) in [6.45, 7) is 5.84. The molecule has 0 aromatic carbocycles. The topological polar surface area (TPSA) is 34.1 Å². The number of hydrogen-bond donors (Lipinski definition) is 0. The van der Waals surface area contributed by atoms with Gasteiger partial charge in [0.25, 0.3) is 5.92 Å². The maximum atomic E-state index is 14.6. The van der Waals surface area contributed by atoms with Crippen LogP contribution in [0.3, 0.4) is 0 Å². The molecule has 0 aromatic rings. The number of rotatable bonds is 0. The lowest BCUT2D eigenvalue weighted by molar-refractivity contribution is -0.170. The largest absolute Gasteiger partial charge is 0.299 e. The average molecular weight is 336 g/mol. The van der Waals surface area contributed by atoms with Gasteiger partial charge in [0.15, 0.2) is 5.78 Å². The van der Waals surface area contributed by atoms with Crippen molar-refractivity contribution in [3.05, 3.63) is 11.6 Å². The van der Waals surface area contributed by atoms with E-state index in [-0.39, 0.29) is 53.5 Å². The summed E-state index contributed by atoms with van der Waals surface area (Å²) >= 11 is 0. The highest BCUT2D eigenvalue weighted by Gasteiger charge is 2.68. The predicted octanol–water partition coefficient (Wildman–Crippen LogP) is 4.58. The summed E-state index contributed by atoms with van der Waals surface area (Å²) in [6.07, 6.45) is 4.12. The maximum Gasteiger partial charge on any atom is 0.254 e. The first-order chi connectivity index (χ1) is 11.1. The molecular formula is C20H26F2O2. The summed E-state index contributed by atoms with van der Waals surface area (Å²) in [5.41, 5.74) is -0.388. The van der Waals surface area contributed by atoms with Crippen molar-refractivity contribution >= 4 is 11.6 Å². The Labute approximate surface area is 142 Å². The number of halogens is 2. The molecule has 4 aliphatic carbocycles. The normalized spacial score (nSPS) is 50.0. The van der Waals surface area contributed by atoms with Crippen LogP contribution in [0.5, 0.6) is 0 Å². The van der Waals surface area contributed by atoms with E-state index in [1.807, 2.05) is 0 Å². The molecule has 0 bridgehead atoms. The minimum Gasteiger partial charge on any atom is -0.299 e. The molecule has 24 heavy (non-hydrogen) atoms. The van der Waals surface area contributed by atoms with Crippen molar-refractivity contribution in [1.82, 2.24) is 0 Å². The second-order valence-electron chi connectivity index (χ2n) is 9.17. The van der Waals surface area contributed by atoms with Crippen LogP contribution in [-0.2, 0) is 9.59 Å². The fraction of sp³-hybridized carbons (Fsp3) is 0.800. The molecule has 0 heterocycles. The van der Waals surface area contributed by atoms with Gasteiger partial charge in [-0.2, -0.15) is 0 Å². The fourth-order valence-corrected chi connectivity index (χ4v) is 6.74. The Kier molecular flexibility index (Phi) is 3.26. The van der Waals surface area contributed by atoms with Gasteiger partial charge in [-0.1, -0.05) is 26.3 Å². The second kappa shape index (κ2) is 4.76. The van der Waals surface area contributed by atoms with Gasteiger partial charge in [-0.15, -0.1) is 0 Å². The van der Waals surface area contributed by atoms with E-state index in [4.69, 9.17) is 0 Å². The number of hydrogen-bond acceptors (Lipinski definition) is 2. The van der Waals surface area contributed by atoms with Crippen molar-refractivity contribution < 1.29 is 18.4 Å². The van der Waals surface area contributed by atoms with E-state index in [1.54, 1.807) is 13.0 Å². The summed E-state index contributed by atoms with van der Waals surface area (Å²) in [4.78, 5) is 25.0. The van der Waals surface area contributed by atoms with Gasteiger partial charge in [-0.05, 0) is 48.5 Å². The van der Waals surface area contributed by atoms with Crippen molar-refractivity contribution in [2.75, 3.05) is 0 Å². The molecule has 0 saturated heterocycles. The lowest BCUT2D eigenvalue weighted by atomic mass is 9.45. The number of carbonyl (C=O) groups excluding carboxylic acids is 2. The third-order valence-corrected chi connectivity index (χ3v) is 7.97. The molecule has 0 unspecified atom stereocenters. The highest BCUT2D eigenvalue weighted by atomic mass is 19.3. The first-order valence-electron chi connectivity index (χ1n) is 9.25. The Morgan fingerprint density at radius 2 is 1.88 bits per heavy atom. The Morgan fingerprint density at radius 3 is 2.58 bits per heavy atom. The minimum absolute atomic E-state index is 0.00295. The van der Waals surface area contributed by atoms with Crippen molar-refractivity contribution in [2.24, 2.45) is 34.5 Å². The van der Waals surface area contributed by atoms with Crippen LogP contribution in [0.1, 0.15) is 59.3 Å². The van der Waals surface area contributed by atoms with Crippen LogP contribution in [0.4, 0.5) is 8.78 Å². The van der Waals surface area contributed by atoms with Crippen LogP contribution >= 0.6 is 0 Å². The zero-order valence-corrected chi connectivity index (χ0v) is 14.7. The molecule has 4 heteroatoms. The molecule has 0 N–H and O–H groups in total. The van der Waals surface area contributed by atoms with E-state index in [1.165, 1.54) is 0 Å². The SMILES string of the molecule is C[C@H]1C[C@@H]2[C@H](C(=O)C[C@@]3(C)[C@H]2CCC3(F)F)[C@@]2(C)CCC(=O)C=C12. The van der Waals surface area contributed by atoms with Crippen molar-refractivity contribution in [1.29, 1.82) is 0 Å². The van der Waals surface area contributed by atoms with Gasteiger partial charge in [-0.3, -0.25) is 9.59 Å². The van der Waals surface area contributed by atoms with Crippen molar-refractivity contribution in [2.45, 2.75) is 65.2 Å². The van der Waals surface area contributed by atoms with Gasteiger partial charge < -0.3 is 0 Å². The van der Waals surface area contributed by atoms with E-state index < -0.39 is 11.3 Å². The quantitative estimate of drug-likeness (QED) is 0.649. The number of Topliss-reactive ketones (excluding diaryl/α,β-unsaturated/α-hetero) is 1. The maximum absolute atomic E-state index is 14.6. The molecule has 132 valence electrons. The van der Waals surface area contributed by atoms with Gasteiger partial charge >= 0.3 is 0 Å². The number of allylic oxidation sites excluding steroid dienone is 1. The molecule has 0 aliphatic heterocycles. The van der Waals surface area contributed by atoms with Crippen LogP contribution in [-0.4, -0.2) is 17.5 Å². The minimum atomic E-state index is -2.74. The summed E-state index contributed by atoms with van der Waals surface area (Å²) in [5.74, 6) is -2.60. The molecule has 4 aliphatic rings. The highest BCUT2D eigenvalue weighted by molar-refractivity contribution is 5.93. The van der Waals surface area contributed by atoms with Crippen LogP contribution in [0.25, 0.3) is 0 Å². The Bertz CT molecular complexity index is 652. The van der Waals surface area contributed by atoms with E-state index in [0.717, 1.165) is 12.0 Å². The van der Waals surface area contributed by atoms with Gasteiger partial charge in [0, 0.05) is 30.6 Å². The first kappa shape index (κ1) is 16.4. The fourth-order valence-electron chi connectivity index (χ4n) is 6.74. The van der Waals surface area contributed by atoms with E-state index in [9.17, 15) is 18.4 Å². The van der Waals surface area contributed by atoms with E-state index in [0.29, 0.717) is 19.3 Å². The zero-order chi connectivity index (χ0) is 17.5. The Hall–Kier alpha value is -1.06. The molecule has 0 amide bonds. The van der Waals surface area contributed by atoms with E-state index in [2.05, 4.69) is 13.8 Å². The third kappa shape index (κ3) is 1.86. The lowest BCUT2D eigenvalue weighted by Crippen LogP contribution is -2.58. The molecule has 0 aromatic heterocycles. The number of ketones is 2. The highest BCUT2D eigenvalue weighted by Crippen LogP contribution is 2.68. The van der Waals surface area contributed by atoms with Crippen LogP contribution in [0, 0.1) is 34.5 Å². The van der Waals surface area contributed by atoms with Crippen LogP contribution < -0.4 is 0 Å². The first-order valence-corrected chi connectivity index (χ1v) is 9.25. The second-order valence-corrected chi connectivity index (χ2v) is 9.17. The van der Waals surface area contributed by atoms with Gasteiger partial charge in [-0.25, -0.2) is 8.78 Å². The molecule has 0 spiro atoms. The molecule has 3 fully saturated rings. The van der Waals surface area contributed by atoms with Gasteiger partial charge in [0.05, 0.1) is 0 Å². The molecule has 4 rings (SSSR count). The predicted molar refractivity (Wildman–Crippen MR) is 86.6 cm³/mol. The van der Waals surface area contributed by atoms with E-state index >= 15 is 0 Å². The van der Waals surface area contributed by atoms with Gasteiger partial charge in [0.1, 0.15) is 5.78 Å². The number of carbonyl (C=O) groups is 2. The number of fused-ring (bicyclic) bond motifs is 5. The molecule has 0 radical (unpaired) electrons. The van der Waals surface area contributed by atoms with Crippen LogP contribution in [0.2, 0.25) is 0 Å². The van der Waals surface area contributed by atoms with Gasteiger partial charge in [0.2, 0.25) is 0 Å². The standard InChI is InChI=1S/C20H26F2O2/c1-11-8-13-14-5-7-20(21,22)19(14,3)10-16(24)17(13)18(2)6-4-12(23)9-15(11)18/h9,11,13-14,17H,4-8,10H2,1-3H3/t11-,13-,14-,17+,18-,19-/m0/s1. The lowest BCUT2D eigenvalue weighted by Gasteiger charge is -2.58.